The number of hydrogen-bond acceptors (Lipinski definition) is 3. The van der Waals surface area contributed by atoms with E-state index >= 15 is 0 Å². The summed E-state index contributed by atoms with van der Waals surface area (Å²) in [6.45, 7) is 8.45. The molecule has 1 heterocycles. The maximum Gasteiger partial charge on any atom is 0.0219 e. The van der Waals surface area contributed by atoms with Crippen LogP contribution in [0.3, 0.4) is 0 Å². The molecule has 0 aromatic carbocycles. The summed E-state index contributed by atoms with van der Waals surface area (Å²) in [5, 5.41) is 3.72. The van der Waals surface area contributed by atoms with Crippen molar-refractivity contribution in [2.45, 2.75) is 51.6 Å². The van der Waals surface area contributed by atoms with E-state index < -0.39 is 0 Å². The molecule has 0 aromatic heterocycles. The van der Waals surface area contributed by atoms with Crippen molar-refractivity contribution >= 4 is 0 Å². The molecule has 2 aliphatic rings. The van der Waals surface area contributed by atoms with Gasteiger partial charge in [0.25, 0.3) is 0 Å². The summed E-state index contributed by atoms with van der Waals surface area (Å²) >= 11 is 0. The summed E-state index contributed by atoms with van der Waals surface area (Å²) in [6, 6.07) is 0.949. The molecule has 0 amide bonds. The van der Waals surface area contributed by atoms with Crippen LogP contribution in [0.1, 0.15) is 39.5 Å². The van der Waals surface area contributed by atoms with Crippen LogP contribution < -0.4 is 11.1 Å². The molecule has 1 saturated heterocycles. The SMILES string of the molecule is CN1CCC(C(C)(C)CNC2CCCC2N)C1. The van der Waals surface area contributed by atoms with Crippen LogP contribution in [0.4, 0.5) is 0 Å². The lowest BCUT2D eigenvalue weighted by Gasteiger charge is -2.34. The van der Waals surface area contributed by atoms with Crippen LogP contribution in [0.5, 0.6) is 0 Å². The predicted octanol–water partition coefficient (Wildman–Crippen LogP) is 1.43. The van der Waals surface area contributed by atoms with Crippen molar-refractivity contribution in [2.24, 2.45) is 17.1 Å². The van der Waals surface area contributed by atoms with Crippen molar-refractivity contribution in [2.75, 3.05) is 26.7 Å². The molecule has 1 aliphatic heterocycles. The Kier molecular flexibility index (Phi) is 4.11. The molecule has 1 aliphatic carbocycles. The highest BCUT2D eigenvalue weighted by molar-refractivity contribution is 4.91. The van der Waals surface area contributed by atoms with Crippen LogP contribution in [-0.2, 0) is 0 Å². The van der Waals surface area contributed by atoms with Gasteiger partial charge in [0.2, 0.25) is 0 Å². The number of rotatable bonds is 4. The second kappa shape index (κ2) is 5.25. The first-order valence-corrected chi connectivity index (χ1v) is 7.16. The summed E-state index contributed by atoms with van der Waals surface area (Å²) in [7, 11) is 2.23. The Hall–Kier alpha value is -0.120. The fraction of sp³-hybridized carbons (Fsp3) is 1.00. The topological polar surface area (TPSA) is 41.3 Å². The second-order valence-electron chi connectivity index (χ2n) is 6.82. The highest BCUT2D eigenvalue weighted by Gasteiger charge is 2.35. The van der Waals surface area contributed by atoms with Crippen molar-refractivity contribution in [3.63, 3.8) is 0 Å². The fourth-order valence-electron chi connectivity index (χ4n) is 3.35. The zero-order valence-corrected chi connectivity index (χ0v) is 11.7. The van der Waals surface area contributed by atoms with E-state index in [0.29, 0.717) is 17.5 Å². The van der Waals surface area contributed by atoms with E-state index in [2.05, 4.69) is 31.1 Å². The molecule has 3 N–H and O–H groups in total. The summed E-state index contributed by atoms with van der Waals surface area (Å²) in [5.74, 6) is 0.831. The minimum absolute atomic E-state index is 0.386. The van der Waals surface area contributed by atoms with Crippen molar-refractivity contribution in [3.8, 4) is 0 Å². The number of likely N-dealkylation sites (tertiary alicyclic amines) is 1. The van der Waals surface area contributed by atoms with Crippen molar-refractivity contribution < 1.29 is 0 Å². The van der Waals surface area contributed by atoms with Crippen molar-refractivity contribution in [3.05, 3.63) is 0 Å². The van der Waals surface area contributed by atoms with Crippen molar-refractivity contribution in [1.29, 1.82) is 0 Å². The van der Waals surface area contributed by atoms with E-state index in [1.165, 1.54) is 38.8 Å². The Balaban J connectivity index is 1.80. The summed E-state index contributed by atoms with van der Waals surface area (Å²) in [4.78, 5) is 2.45. The van der Waals surface area contributed by atoms with Gasteiger partial charge in [0, 0.05) is 25.2 Å². The van der Waals surface area contributed by atoms with Gasteiger partial charge in [-0.05, 0) is 44.2 Å². The monoisotopic (exact) mass is 239 g/mol. The molecule has 2 fully saturated rings. The quantitative estimate of drug-likeness (QED) is 0.780. The smallest absolute Gasteiger partial charge is 0.0219 e. The van der Waals surface area contributed by atoms with Gasteiger partial charge in [0.05, 0.1) is 0 Å². The predicted molar refractivity (Wildman–Crippen MR) is 73.0 cm³/mol. The first-order chi connectivity index (χ1) is 7.99. The van der Waals surface area contributed by atoms with E-state index in [4.69, 9.17) is 5.73 Å². The third-order valence-electron chi connectivity index (χ3n) is 4.89. The van der Waals surface area contributed by atoms with Gasteiger partial charge in [-0.15, -0.1) is 0 Å². The molecule has 100 valence electrons. The first-order valence-electron chi connectivity index (χ1n) is 7.16. The van der Waals surface area contributed by atoms with Gasteiger partial charge in [-0.1, -0.05) is 20.3 Å². The van der Waals surface area contributed by atoms with E-state index in [1.807, 2.05) is 0 Å². The van der Waals surface area contributed by atoms with Gasteiger partial charge in [-0.3, -0.25) is 0 Å². The highest BCUT2D eigenvalue weighted by Crippen LogP contribution is 2.33. The number of nitrogens with zero attached hydrogens (tertiary/aromatic N) is 1. The molecule has 1 saturated carbocycles. The molecule has 3 nitrogen and oxygen atoms in total. The maximum absolute atomic E-state index is 6.11. The Morgan fingerprint density at radius 1 is 1.29 bits per heavy atom. The average molecular weight is 239 g/mol. The second-order valence-corrected chi connectivity index (χ2v) is 6.82. The molecule has 0 bridgehead atoms. The molecule has 3 heteroatoms. The molecule has 3 atom stereocenters. The number of nitrogens with one attached hydrogen (secondary N) is 1. The number of hydrogen-bond donors (Lipinski definition) is 2. The minimum atomic E-state index is 0.386. The number of nitrogens with two attached hydrogens (primary N) is 1. The molecular weight excluding hydrogens is 210 g/mol. The molecule has 0 spiro atoms. The third-order valence-corrected chi connectivity index (χ3v) is 4.89. The highest BCUT2D eigenvalue weighted by atomic mass is 15.1. The standard InChI is InChI=1S/C14H29N3/c1-14(2,11-7-8-17(3)9-11)10-16-13-6-4-5-12(13)15/h11-13,16H,4-10,15H2,1-3H3. The first kappa shape index (κ1) is 13.3. The molecule has 2 rings (SSSR count). The van der Waals surface area contributed by atoms with Crippen LogP contribution >= 0.6 is 0 Å². The van der Waals surface area contributed by atoms with Crippen molar-refractivity contribution in [1.82, 2.24) is 10.2 Å². The largest absolute Gasteiger partial charge is 0.326 e. The third kappa shape index (κ3) is 3.21. The fourth-order valence-corrected chi connectivity index (χ4v) is 3.35. The lowest BCUT2D eigenvalue weighted by atomic mass is 9.78. The molecule has 0 radical (unpaired) electrons. The lowest BCUT2D eigenvalue weighted by Crippen LogP contribution is -2.46. The average Bonchev–Trinajstić information content (AvgIpc) is 2.85. The zero-order chi connectivity index (χ0) is 12.5. The molecule has 3 unspecified atom stereocenters. The molecule has 17 heavy (non-hydrogen) atoms. The maximum atomic E-state index is 6.11. The Bertz CT molecular complexity index is 252. The summed E-state index contributed by atoms with van der Waals surface area (Å²) in [6.07, 6.45) is 5.11. The van der Waals surface area contributed by atoms with Crippen LogP contribution in [0.25, 0.3) is 0 Å². The van der Waals surface area contributed by atoms with Crippen LogP contribution in [0, 0.1) is 11.3 Å². The van der Waals surface area contributed by atoms with E-state index in [9.17, 15) is 0 Å². The minimum Gasteiger partial charge on any atom is -0.326 e. The van der Waals surface area contributed by atoms with Gasteiger partial charge < -0.3 is 16.0 Å². The van der Waals surface area contributed by atoms with Gasteiger partial charge in [0.15, 0.2) is 0 Å². The Morgan fingerprint density at radius 3 is 2.59 bits per heavy atom. The van der Waals surface area contributed by atoms with Gasteiger partial charge >= 0.3 is 0 Å². The zero-order valence-electron chi connectivity index (χ0n) is 11.7. The van der Waals surface area contributed by atoms with Crippen LogP contribution in [-0.4, -0.2) is 43.7 Å². The van der Waals surface area contributed by atoms with Gasteiger partial charge in [-0.25, -0.2) is 0 Å². The Morgan fingerprint density at radius 2 is 2.06 bits per heavy atom. The van der Waals surface area contributed by atoms with Crippen LogP contribution in [0.2, 0.25) is 0 Å². The molecular formula is C14H29N3. The summed E-state index contributed by atoms with van der Waals surface area (Å²) in [5.41, 5.74) is 6.51. The van der Waals surface area contributed by atoms with Gasteiger partial charge in [0.1, 0.15) is 0 Å². The van der Waals surface area contributed by atoms with E-state index in [0.717, 1.165) is 12.5 Å². The van der Waals surface area contributed by atoms with Gasteiger partial charge in [-0.2, -0.15) is 0 Å². The Labute approximate surface area is 106 Å². The van der Waals surface area contributed by atoms with E-state index in [-0.39, 0.29) is 0 Å². The summed E-state index contributed by atoms with van der Waals surface area (Å²) < 4.78 is 0. The van der Waals surface area contributed by atoms with E-state index in [1.54, 1.807) is 0 Å². The lowest BCUT2D eigenvalue weighted by molar-refractivity contribution is 0.197. The normalized spacial score (nSPS) is 35.6. The van der Waals surface area contributed by atoms with Crippen LogP contribution in [0.15, 0.2) is 0 Å². The molecule has 0 aromatic rings.